The van der Waals surface area contributed by atoms with Crippen LogP contribution in [0, 0.1) is 0 Å². The number of ether oxygens (including phenoxy) is 11. The van der Waals surface area contributed by atoms with Gasteiger partial charge in [0.15, 0.2) is 37.7 Å². The van der Waals surface area contributed by atoms with Crippen LogP contribution in [0.5, 0.6) is 0 Å². The SMILES string of the molecule is CC(=O)N[C@@H]1[C@H](O[C@H]2[C@@H](O)[C@H](NC(C)=O)[C@H](O)O[C@@H]2CO)O[C@H](CO)[C@@H](O[C@H]2O[C@H](CO[C@H]3O[C@@H](CO)[C@@H](O)[C@H](O)[C@@H]3O)[C@H](O)[C@H](O[C@H]3O[C@@H](CO)[C@@H](O)[C@H](O)[C@@H]3O)[C@H]2O[C@@H]2OC[C@@H](O)[C@H](O)[C@@H]2O)[C@H]1O. The molecule has 6 heterocycles. The molecule has 2 amide bonds. The molecule has 6 fully saturated rings. The van der Waals surface area contributed by atoms with Gasteiger partial charge in [0.25, 0.3) is 0 Å². The lowest BCUT2D eigenvalue weighted by Gasteiger charge is -2.51. The van der Waals surface area contributed by atoms with Crippen LogP contribution in [0.1, 0.15) is 13.8 Å². The minimum atomic E-state index is -2.20. The maximum Gasteiger partial charge on any atom is 0.217 e. The van der Waals surface area contributed by atoms with Crippen LogP contribution >= 0.6 is 0 Å². The van der Waals surface area contributed by atoms with Gasteiger partial charge in [-0.15, -0.1) is 0 Å². The quantitative estimate of drug-likeness (QED) is 0.0643. The maximum atomic E-state index is 12.7. The molecule has 0 aromatic carbocycles. The minimum absolute atomic E-state index is 0.678. The molecule has 6 rings (SSSR count). The van der Waals surface area contributed by atoms with Crippen LogP contribution in [-0.2, 0) is 61.7 Å². The first-order chi connectivity index (χ1) is 33.6. The Morgan fingerprint density at radius 1 is 0.423 bits per heavy atom. The van der Waals surface area contributed by atoms with Crippen molar-refractivity contribution in [2.45, 2.75) is 192 Å². The van der Waals surface area contributed by atoms with E-state index >= 15 is 0 Å². The lowest BCUT2D eigenvalue weighted by molar-refractivity contribution is -0.404. The van der Waals surface area contributed by atoms with Crippen LogP contribution in [0.2, 0.25) is 0 Å². The van der Waals surface area contributed by atoms with Gasteiger partial charge >= 0.3 is 0 Å². The molecule has 0 saturated carbocycles. The fraction of sp³-hybridized carbons (Fsp3) is 0.949. The van der Waals surface area contributed by atoms with Crippen molar-refractivity contribution in [2.75, 3.05) is 39.6 Å². The molecular weight excluding hydrogens is 976 g/mol. The first kappa shape index (κ1) is 58.1. The van der Waals surface area contributed by atoms with E-state index in [9.17, 15) is 96.4 Å². The Morgan fingerprint density at radius 2 is 0.859 bits per heavy atom. The average molecular weight is 1040 g/mol. The molecule has 19 N–H and O–H groups in total. The number of carbonyl (C=O) groups is 2. The third kappa shape index (κ3) is 12.7. The second kappa shape index (κ2) is 25.1. The van der Waals surface area contributed by atoms with E-state index in [1.807, 2.05) is 0 Å². The Bertz CT molecular complexity index is 1690. The zero-order chi connectivity index (χ0) is 52.3. The predicted molar refractivity (Wildman–Crippen MR) is 216 cm³/mol. The third-order valence-corrected chi connectivity index (χ3v) is 12.8. The number of nitrogens with one attached hydrogen (secondary N) is 2. The van der Waals surface area contributed by atoms with Crippen molar-refractivity contribution in [1.82, 2.24) is 10.6 Å². The third-order valence-electron chi connectivity index (χ3n) is 12.8. The average Bonchev–Trinajstić information content (AvgIpc) is 3.33. The summed E-state index contributed by atoms with van der Waals surface area (Å²) in [5, 5.41) is 186. The topological polar surface area (TPSA) is 504 Å². The molecule has 0 unspecified atom stereocenters. The Morgan fingerprint density at radius 3 is 1.42 bits per heavy atom. The van der Waals surface area contributed by atoms with Crippen LogP contribution < -0.4 is 10.6 Å². The fourth-order valence-electron chi connectivity index (χ4n) is 8.91. The van der Waals surface area contributed by atoms with E-state index < -0.39 is 229 Å². The number of rotatable bonds is 17. The molecule has 29 atom stereocenters. The first-order valence-electron chi connectivity index (χ1n) is 22.5. The summed E-state index contributed by atoms with van der Waals surface area (Å²) in [5.74, 6) is -1.57. The van der Waals surface area contributed by atoms with Crippen LogP contribution in [-0.4, -0.2) is 316 Å². The van der Waals surface area contributed by atoms with Gasteiger partial charge in [0.05, 0.1) is 39.6 Å². The van der Waals surface area contributed by atoms with Gasteiger partial charge in [0.2, 0.25) is 11.8 Å². The van der Waals surface area contributed by atoms with Crippen molar-refractivity contribution >= 4 is 11.8 Å². The van der Waals surface area contributed by atoms with E-state index in [-0.39, 0.29) is 0 Å². The van der Waals surface area contributed by atoms with Crippen molar-refractivity contribution < 1.29 is 149 Å². The van der Waals surface area contributed by atoms with Gasteiger partial charge < -0.3 is 150 Å². The second-order valence-corrected chi connectivity index (χ2v) is 17.8. The van der Waals surface area contributed by atoms with Crippen LogP contribution in [0.25, 0.3) is 0 Å². The Balaban J connectivity index is 1.37. The fourth-order valence-corrected chi connectivity index (χ4v) is 8.91. The summed E-state index contributed by atoms with van der Waals surface area (Å²) in [6.07, 6.45) is -51.8. The molecule has 0 aromatic heterocycles. The summed E-state index contributed by atoms with van der Waals surface area (Å²) in [5.41, 5.74) is 0. The van der Waals surface area contributed by atoms with E-state index in [2.05, 4.69) is 10.6 Å². The van der Waals surface area contributed by atoms with E-state index in [4.69, 9.17) is 52.1 Å². The summed E-state index contributed by atoms with van der Waals surface area (Å²) in [6.45, 7) is -3.36. The zero-order valence-electron chi connectivity index (χ0n) is 37.9. The van der Waals surface area contributed by atoms with Crippen molar-refractivity contribution in [3.8, 4) is 0 Å². The van der Waals surface area contributed by atoms with Crippen LogP contribution in [0.15, 0.2) is 0 Å². The second-order valence-electron chi connectivity index (χ2n) is 17.8. The van der Waals surface area contributed by atoms with E-state index in [0.29, 0.717) is 0 Å². The van der Waals surface area contributed by atoms with Gasteiger partial charge in [-0.2, -0.15) is 0 Å². The summed E-state index contributed by atoms with van der Waals surface area (Å²) in [4.78, 5) is 24.6. The molecule has 71 heavy (non-hydrogen) atoms. The highest BCUT2D eigenvalue weighted by Gasteiger charge is 2.58. The van der Waals surface area contributed by atoms with Gasteiger partial charge in [0.1, 0.15) is 140 Å². The molecule has 412 valence electrons. The normalized spacial score (nSPS) is 49.8. The lowest BCUT2D eigenvalue weighted by atomic mass is 9.93. The Hall–Kier alpha value is -2.18. The number of amides is 2. The smallest absolute Gasteiger partial charge is 0.217 e. The van der Waals surface area contributed by atoms with E-state index in [1.165, 1.54) is 0 Å². The largest absolute Gasteiger partial charge is 0.394 e. The van der Waals surface area contributed by atoms with Crippen molar-refractivity contribution in [3.63, 3.8) is 0 Å². The van der Waals surface area contributed by atoms with Crippen LogP contribution in [0.4, 0.5) is 0 Å². The first-order valence-corrected chi connectivity index (χ1v) is 22.5. The number of hydrogen-bond acceptors (Lipinski definition) is 30. The van der Waals surface area contributed by atoms with Gasteiger partial charge in [-0.05, 0) is 0 Å². The number of aliphatic hydroxyl groups excluding tert-OH is 17. The molecule has 32 nitrogen and oxygen atoms in total. The van der Waals surface area contributed by atoms with Crippen molar-refractivity contribution in [2.24, 2.45) is 0 Å². The van der Waals surface area contributed by atoms with Gasteiger partial charge in [-0.25, -0.2) is 0 Å². The number of hydrogen-bond donors (Lipinski definition) is 19. The van der Waals surface area contributed by atoms with Gasteiger partial charge in [0, 0.05) is 13.8 Å². The molecule has 0 spiro atoms. The summed E-state index contributed by atoms with van der Waals surface area (Å²) >= 11 is 0. The number of aliphatic hydroxyl groups is 17. The van der Waals surface area contributed by atoms with Gasteiger partial charge in [-0.3, -0.25) is 9.59 Å². The van der Waals surface area contributed by atoms with Gasteiger partial charge in [-0.1, -0.05) is 0 Å². The molecule has 6 saturated heterocycles. The van der Waals surface area contributed by atoms with E-state index in [0.717, 1.165) is 13.8 Å². The molecule has 0 radical (unpaired) electrons. The molecule has 0 bridgehead atoms. The van der Waals surface area contributed by atoms with Crippen molar-refractivity contribution in [3.05, 3.63) is 0 Å². The van der Waals surface area contributed by atoms with Crippen molar-refractivity contribution in [1.29, 1.82) is 0 Å². The predicted octanol–water partition coefficient (Wildman–Crippen LogP) is -13.2. The molecule has 6 aliphatic rings. The van der Waals surface area contributed by atoms with Crippen LogP contribution in [0.3, 0.4) is 0 Å². The summed E-state index contributed by atoms with van der Waals surface area (Å²) < 4.78 is 63.7. The zero-order valence-corrected chi connectivity index (χ0v) is 37.9. The maximum absolute atomic E-state index is 12.7. The highest BCUT2D eigenvalue weighted by atomic mass is 16.8. The molecule has 32 heteroatoms. The molecule has 0 aromatic rings. The minimum Gasteiger partial charge on any atom is -0.394 e. The molecule has 0 aliphatic carbocycles. The monoisotopic (exact) mass is 1040 g/mol. The lowest BCUT2D eigenvalue weighted by Crippen LogP contribution is -2.71. The Labute approximate surface area is 402 Å². The molecule has 6 aliphatic heterocycles. The Kier molecular flexibility index (Phi) is 20.5. The highest BCUT2D eigenvalue weighted by molar-refractivity contribution is 5.73. The van der Waals surface area contributed by atoms with E-state index in [1.54, 1.807) is 0 Å². The highest BCUT2D eigenvalue weighted by Crippen LogP contribution is 2.37. The summed E-state index contributed by atoms with van der Waals surface area (Å²) in [6, 6.07) is -3.33. The molecular formula is C39H66N2O30. The standard InChI is InChI=1S/C39H66N2O30/c1-9(46)40-17-23(53)30(14(5-44)63-34(17)60)68-35-18(41-10(2)47)24(54)31(15(6-45)66-35)69-39-33(71-37-27(57)19(49)11(48)7-61-37)32(70-38-29(59)26(56)21(51)13(4-43)65-38)22(52)16(67-39)8-62-36-28(58)25(55)20(50)12(3-42)64-36/h11-39,42-45,48-60H,3-8H2,1-2H3,(H,40,46)(H,41,47)/t11-,12+,13+,14-,15-,16-,17+,18+,19+,20-,21-,22+,23+,24+,25+,26+,27+,28+,29+,30-,31-,32+,33-,34-,35+,36+,37+,38-,39-/m1/s1. The number of carbonyl (C=O) groups excluding carboxylic acids is 2. The summed E-state index contributed by atoms with van der Waals surface area (Å²) in [7, 11) is 0.